The number of nitrogens with one attached hydrogen (secondary N) is 1. The number of hydrogen-bond donors (Lipinski definition) is 3. The molecule has 4 rings (SSSR count). The van der Waals surface area contributed by atoms with Crippen LogP contribution < -0.4 is 4.74 Å². The van der Waals surface area contributed by atoms with Crippen molar-refractivity contribution in [2.45, 2.75) is 39.5 Å². The van der Waals surface area contributed by atoms with Gasteiger partial charge in [0.2, 0.25) is 5.13 Å². The number of carbonyl (C=O) groups is 1. The lowest BCUT2D eigenvalue weighted by Crippen LogP contribution is -2.22. The van der Waals surface area contributed by atoms with Crippen LogP contribution in [0.3, 0.4) is 0 Å². The molecular weight excluding hydrogens is 582 g/mol. The lowest BCUT2D eigenvalue weighted by atomic mass is 10.00. The highest BCUT2D eigenvalue weighted by Gasteiger charge is 2.34. The number of halogens is 4. The lowest BCUT2D eigenvalue weighted by molar-refractivity contribution is -0.274. The largest absolute Gasteiger partial charge is 0.573 e. The highest BCUT2D eigenvalue weighted by atomic mass is 32.1. The van der Waals surface area contributed by atoms with Crippen molar-refractivity contribution in [1.82, 2.24) is 4.98 Å². The van der Waals surface area contributed by atoms with E-state index < -0.39 is 23.9 Å². The molecule has 1 aliphatic carbocycles. The van der Waals surface area contributed by atoms with Crippen molar-refractivity contribution in [1.29, 1.82) is 5.41 Å². The van der Waals surface area contributed by atoms with Gasteiger partial charge in [0.25, 0.3) is 0 Å². The fourth-order valence-corrected chi connectivity index (χ4v) is 5.33. The van der Waals surface area contributed by atoms with Gasteiger partial charge in [-0.2, -0.15) is 0 Å². The number of para-hydroxylation sites is 1. The van der Waals surface area contributed by atoms with Crippen LogP contribution in [-0.4, -0.2) is 47.1 Å². The zero-order valence-electron chi connectivity index (χ0n) is 22.1. The van der Waals surface area contributed by atoms with Crippen molar-refractivity contribution in [2.24, 2.45) is 16.8 Å². The number of nitrogens with zero attached hydrogens (tertiary/aromatic N) is 2. The molecule has 1 aliphatic rings. The first kappa shape index (κ1) is 30.7. The van der Waals surface area contributed by atoms with Gasteiger partial charge < -0.3 is 14.6 Å². The molecule has 13 heteroatoms. The Kier molecular flexibility index (Phi) is 9.50. The molecule has 0 radical (unpaired) electrons. The van der Waals surface area contributed by atoms with E-state index in [2.05, 4.69) is 27.3 Å². The highest BCUT2D eigenvalue weighted by molar-refractivity contribution is 7.84. The van der Waals surface area contributed by atoms with Crippen LogP contribution in [0.15, 0.2) is 51.9 Å². The zero-order chi connectivity index (χ0) is 29.9. The maximum absolute atomic E-state index is 14.5. The quantitative estimate of drug-likeness (QED) is 0.110. The van der Waals surface area contributed by atoms with Crippen LogP contribution in [0.5, 0.6) is 5.75 Å². The topological polar surface area (TPSA) is 105 Å². The number of aliphatic imine (C=N–C) groups is 1. The molecule has 7 nitrogen and oxygen atoms in total. The summed E-state index contributed by atoms with van der Waals surface area (Å²) in [4.78, 5) is 20.7. The van der Waals surface area contributed by atoms with Crippen molar-refractivity contribution in [2.75, 3.05) is 13.2 Å². The molecular formula is C28H27F4N3O4S2. The molecule has 0 saturated heterocycles. The summed E-state index contributed by atoms with van der Waals surface area (Å²) in [5.74, 6) is -2.47. The zero-order valence-corrected chi connectivity index (χ0v) is 23.8. The molecule has 1 heterocycles. The number of rotatable bonds is 12. The summed E-state index contributed by atoms with van der Waals surface area (Å²) in [7, 11) is 0. The van der Waals surface area contributed by atoms with Gasteiger partial charge in [0.15, 0.2) is 5.82 Å². The molecule has 1 saturated carbocycles. The van der Waals surface area contributed by atoms with Crippen molar-refractivity contribution < 1.29 is 36.9 Å². The van der Waals surface area contributed by atoms with E-state index in [1.807, 2.05) is 13.8 Å². The molecule has 2 N–H and O–H groups in total. The minimum Gasteiger partial charge on any atom is -0.478 e. The Morgan fingerprint density at radius 2 is 1.98 bits per heavy atom. The Balaban J connectivity index is 1.58. The number of carboxylic acids is 1. The molecule has 1 aromatic heterocycles. The second-order valence-corrected chi connectivity index (χ2v) is 11.1. The summed E-state index contributed by atoms with van der Waals surface area (Å²) in [5, 5.41) is 18.2. The number of fused-ring (bicyclic) bond motifs is 1. The first-order valence-electron chi connectivity index (χ1n) is 12.7. The number of allylic oxidation sites excluding steroid dienone is 1. The van der Waals surface area contributed by atoms with Gasteiger partial charge in [-0.3, -0.25) is 5.41 Å². The summed E-state index contributed by atoms with van der Waals surface area (Å²) in [6, 6.07) is 7.70. The Labute approximate surface area is 242 Å². The normalized spacial score (nSPS) is 15.5. The summed E-state index contributed by atoms with van der Waals surface area (Å²) in [6.45, 7) is 3.78. The van der Waals surface area contributed by atoms with Crippen molar-refractivity contribution >= 4 is 56.7 Å². The molecule has 3 aromatic rings. The summed E-state index contributed by atoms with van der Waals surface area (Å²) < 4.78 is 63.9. The average Bonchev–Trinajstić information content (AvgIpc) is 3.68. The molecule has 0 amide bonds. The van der Waals surface area contributed by atoms with Crippen molar-refractivity contribution in [3.05, 3.63) is 63.8 Å². The van der Waals surface area contributed by atoms with Gasteiger partial charge in [-0.25, -0.2) is 19.2 Å². The van der Waals surface area contributed by atoms with Gasteiger partial charge in [-0.05, 0) is 60.3 Å². The third kappa shape index (κ3) is 7.72. The van der Waals surface area contributed by atoms with Crippen LogP contribution in [0.4, 0.5) is 22.7 Å². The number of aromatic carboxylic acids is 1. The minimum absolute atomic E-state index is 0.0109. The van der Waals surface area contributed by atoms with E-state index >= 15 is 0 Å². The second-order valence-electron chi connectivity index (χ2n) is 9.57. The van der Waals surface area contributed by atoms with E-state index in [0.717, 1.165) is 36.3 Å². The monoisotopic (exact) mass is 609 g/mol. The lowest BCUT2D eigenvalue weighted by Gasteiger charge is -2.18. The Hall–Kier alpha value is -3.29. The molecule has 0 unspecified atom stereocenters. The van der Waals surface area contributed by atoms with E-state index in [1.54, 1.807) is 0 Å². The number of thiazole rings is 1. The van der Waals surface area contributed by atoms with Gasteiger partial charge in [-0.1, -0.05) is 37.3 Å². The fourth-order valence-electron chi connectivity index (χ4n) is 3.98. The fraction of sp³-hybridized carbons (Fsp3) is 0.357. The number of alkyl halides is 3. The molecule has 0 aliphatic heterocycles. The summed E-state index contributed by atoms with van der Waals surface area (Å²) in [6.07, 6.45) is -2.51. The van der Waals surface area contributed by atoms with Gasteiger partial charge in [0, 0.05) is 16.8 Å². The molecule has 0 spiro atoms. The van der Waals surface area contributed by atoms with E-state index in [4.69, 9.17) is 10.1 Å². The summed E-state index contributed by atoms with van der Waals surface area (Å²) in [5.41, 5.74) is 0.543. The molecule has 2 aromatic carbocycles. The number of thiol groups is 1. The van der Waals surface area contributed by atoms with E-state index in [0.29, 0.717) is 27.3 Å². The van der Waals surface area contributed by atoms with Crippen LogP contribution in [0, 0.1) is 23.1 Å². The van der Waals surface area contributed by atoms with E-state index in [9.17, 15) is 27.5 Å². The average molecular weight is 610 g/mol. The number of hydrogen-bond acceptors (Lipinski definition) is 8. The molecule has 1 atom stereocenters. The second kappa shape index (κ2) is 12.7. The van der Waals surface area contributed by atoms with Crippen LogP contribution in [-0.2, 0) is 4.74 Å². The number of ether oxygens (including phenoxy) is 2. The Bertz CT molecular complexity index is 1530. The molecule has 1 fully saturated rings. The molecule has 218 valence electrons. The van der Waals surface area contributed by atoms with Crippen LogP contribution in [0.1, 0.15) is 49.0 Å². The van der Waals surface area contributed by atoms with Crippen molar-refractivity contribution in [3.63, 3.8) is 0 Å². The van der Waals surface area contributed by atoms with E-state index in [1.165, 1.54) is 24.3 Å². The van der Waals surface area contributed by atoms with Crippen LogP contribution in [0.25, 0.3) is 10.2 Å². The third-order valence-corrected chi connectivity index (χ3v) is 8.09. The predicted octanol–water partition coefficient (Wildman–Crippen LogP) is 7.83. The highest BCUT2D eigenvalue weighted by Crippen LogP contribution is 2.41. The third-order valence-electron chi connectivity index (χ3n) is 6.56. The number of benzene rings is 2. The number of carboxylic acid groups (broad SMARTS) is 1. The standard InChI is InChI=1S/C28H27F4N3O4S2/c1-3-14(2)20(34-27-35-24-19(29)10-16(26(36)37)11-22(24)41-27)13-38-12-18(25(40)15-8-9-15)23(33)17-6-4-5-7-21(17)39-28(30,31)32/h4-7,10-11,14-15,33,40H,3,8-9,12-13H2,1-2H3,(H,36,37)/b25-18-,33-23?,34-20-/t14-/m1/s1. The predicted molar refractivity (Wildman–Crippen MR) is 153 cm³/mol. The Morgan fingerprint density at radius 3 is 2.61 bits per heavy atom. The number of aromatic nitrogens is 1. The molecule has 0 bridgehead atoms. The maximum atomic E-state index is 14.5. The Morgan fingerprint density at radius 1 is 1.27 bits per heavy atom. The SMILES string of the molecule is CC[C@@H](C)/C(COC/C(C(=N)c1ccccc1OC(F)(F)F)=C(/S)C1CC1)=N\c1nc2c(F)cc(C(=O)O)cc2s1. The van der Waals surface area contributed by atoms with Crippen molar-refractivity contribution in [3.8, 4) is 5.75 Å². The van der Waals surface area contributed by atoms with Crippen LogP contribution >= 0.6 is 24.0 Å². The van der Waals surface area contributed by atoms with Gasteiger partial charge in [0.1, 0.15) is 11.3 Å². The first-order valence-corrected chi connectivity index (χ1v) is 14.0. The minimum atomic E-state index is -4.92. The van der Waals surface area contributed by atoms with Gasteiger partial charge in [0.05, 0.1) is 29.2 Å². The smallest absolute Gasteiger partial charge is 0.478 e. The summed E-state index contributed by atoms with van der Waals surface area (Å²) >= 11 is 5.64. The van der Waals surface area contributed by atoms with Gasteiger partial charge >= 0.3 is 12.3 Å². The molecule has 41 heavy (non-hydrogen) atoms. The van der Waals surface area contributed by atoms with E-state index in [-0.39, 0.29) is 52.5 Å². The first-order chi connectivity index (χ1) is 19.4. The van der Waals surface area contributed by atoms with Gasteiger partial charge in [-0.15, -0.1) is 25.8 Å². The van der Waals surface area contributed by atoms with Crippen LogP contribution in [0.2, 0.25) is 0 Å². The maximum Gasteiger partial charge on any atom is 0.573 e.